The lowest BCUT2D eigenvalue weighted by atomic mass is 9.93. The molecule has 22 heavy (non-hydrogen) atoms. The van der Waals surface area contributed by atoms with Gasteiger partial charge < -0.3 is 4.90 Å². The zero-order valence-electron chi connectivity index (χ0n) is 12.7. The van der Waals surface area contributed by atoms with Gasteiger partial charge in [-0.25, -0.2) is 0 Å². The largest absolute Gasteiger partial charge is 0.353 e. The lowest BCUT2D eigenvalue weighted by molar-refractivity contribution is 0.134. The number of nitrogens with zero attached hydrogens (tertiary/aromatic N) is 7. The van der Waals surface area contributed by atoms with Crippen molar-refractivity contribution in [3.63, 3.8) is 0 Å². The molecule has 0 aromatic carbocycles. The van der Waals surface area contributed by atoms with Crippen LogP contribution >= 0.6 is 0 Å². The van der Waals surface area contributed by atoms with E-state index < -0.39 is 0 Å². The lowest BCUT2D eigenvalue weighted by Gasteiger charge is -2.41. The molecule has 3 fully saturated rings. The second-order valence-electron chi connectivity index (χ2n) is 6.98. The fourth-order valence-electron chi connectivity index (χ4n) is 4.75. The fourth-order valence-corrected chi connectivity index (χ4v) is 4.75. The molecule has 1 saturated heterocycles. The minimum atomic E-state index is 0.698. The van der Waals surface area contributed by atoms with E-state index in [1.165, 1.54) is 30.3 Å². The van der Waals surface area contributed by atoms with E-state index >= 15 is 0 Å². The van der Waals surface area contributed by atoms with Crippen molar-refractivity contribution < 1.29 is 0 Å². The Bertz CT molecular complexity index is 675. The normalized spacial score (nSPS) is 32.2. The summed E-state index contributed by atoms with van der Waals surface area (Å²) < 4.78 is 1.51. The first kappa shape index (κ1) is 12.8. The molecule has 2 saturated carbocycles. The van der Waals surface area contributed by atoms with Crippen LogP contribution in [0.25, 0.3) is 5.65 Å². The van der Waals surface area contributed by atoms with Crippen LogP contribution in [0.3, 0.4) is 0 Å². The molecule has 3 aliphatic rings. The molecule has 0 spiro atoms. The molecule has 0 N–H and O–H groups in total. The van der Waals surface area contributed by atoms with E-state index in [9.17, 15) is 0 Å². The average Bonchev–Trinajstić information content (AvgIpc) is 3.30. The molecule has 0 radical (unpaired) electrons. The minimum Gasteiger partial charge on any atom is -0.353 e. The van der Waals surface area contributed by atoms with Gasteiger partial charge in [0.05, 0.1) is 0 Å². The number of fused-ring (bicyclic) bond motifs is 3. The quantitative estimate of drug-likeness (QED) is 0.818. The van der Waals surface area contributed by atoms with Crippen LogP contribution in [0.1, 0.15) is 25.7 Å². The van der Waals surface area contributed by atoms with E-state index in [0.717, 1.165) is 49.9 Å². The molecule has 0 amide bonds. The summed E-state index contributed by atoms with van der Waals surface area (Å²) in [7, 11) is 0. The topological polar surface area (TPSA) is 62.5 Å². The van der Waals surface area contributed by atoms with Crippen molar-refractivity contribution in [2.45, 2.75) is 31.7 Å². The van der Waals surface area contributed by atoms with E-state index in [-0.39, 0.29) is 0 Å². The third kappa shape index (κ3) is 1.99. The summed E-state index contributed by atoms with van der Waals surface area (Å²) >= 11 is 0. The van der Waals surface area contributed by atoms with Crippen LogP contribution in [0, 0.1) is 11.8 Å². The van der Waals surface area contributed by atoms with Gasteiger partial charge in [0.2, 0.25) is 0 Å². The summed E-state index contributed by atoms with van der Waals surface area (Å²) in [4.78, 5) is 5.08. The predicted molar refractivity (Wildman–Crippen MR) is 81.6 cm³/mol. The standard InChI is InChI=1S/C15H21N7/c1-2-12-9-11(1)10-13(12)20-5-7-21(8-6-20)15-4-3-14-16-18-19-22(14)17-15/h3-4,11-13H,1-2,5-10H2. The fraction of sp³-hybridized carbons (Fsp3) is 0.733. The van der Waals surface area contributed by atoms with Gasteiger partial charge in [0.1, 0.15) is 0 Å². The molecule has 5 rings (SSSR count). The Morgan fingerprint density at radius 2 is 1.91 bits per heavy atom. The molecule has 2 aromatic rings. The highest BCUT2D eigenvalue weighted by Gasteiger charge is 2.42. The number of aromatic nitrogens is 5. The smallest absolute Gasteiger partial charge is 0.200 e. The highest BCUT2D eigenvalue weighted by atomic mass is 15.6. The zero-order valence-corrected chi connectivity index (χ0v) is 12.7. The van der Waals surface area contributed by atoms with Gasteiger partial charge in [-0.1, -0.05) is 6.42 Å². The highest BCUT2D eigenvalue weighted by molar-refractivity contribution is 5.44. The summed E-state index contributed by atoms with van der Waals surface area (Å²) in [6.07, 6.45) is 5.88. The van der Waals surface area contributed by atoms with Gasteiger partial charge in [-0.3, -0.25) is 4.90 Å². The van der Waals surface area contributed by atoms with E-state index in [2.05, 4.69) is 30.4 Å². The first-order chi connectivity index (χ1) is 10.9. The van der Waals surface area contributed by atoms with E-state index in [0.29, 0.717) is 5.65 Å². The Morgan fingerprint density at radius 3 is 2.68 bits per heavy atom. The summed E-state index contributed by atoms with van der Waals surface area (Å²) in [5.41, 5.74) is 0.698. The van der Waals surface area contributed by atoms with Gasteiger partial charge in [0, 0.05) is 32.2 Å². The molecule has 2 bridgehead atoms. The molecular weight excluding hydrogens is 278 g/mol. The van der Waals surface area contributed by atoms with Crippen molar-refractivity contribution in [2.75, 3.05) is 31.1 Å². The molecular formula is C15H21N7. The van der Waals surface area contributed by atoms with Crippen molar-refractivity contribution in [3.05, 3.63) is 12.1 Å². The third-order valence-electron chi connectivity index (χ3n) is 5.86. The molecule has 116 valence electrons. The Labute approximate surface area is 129 Å². The second kappa shape index (κ2) is 4.87. The number of hydrogen-bond donors (Lipinski definition) is 0. The van der Waals surface area contributed by atoms with Gasteiger partial charge in [-0.2, -0.15) is 0 Å². The van der Waals surface area contributed by atoms with E-state index in [4.69, 9.17) is 0 Å². The maximum absolute atomic E-state index is 4.51. The Balaban J connectivity index is 1.27. The summed E-state index contributed by atoms with van der Waals surface area (Å²) in [6.45, 7) is 4.41. The van der Waals surface area contributed by atoms with E-state index in [1.54, 1.807) is 0 Å². The van der Waals surface area contributed by atoms with Crippen LogP contribution in [0.15, 0.2) is 12.1 Å². The van der Waals surface area contributed by atoms with Gasteiger partial charge >= 0.3 is 0 Å². The van der Waals surface area contributed by atoms with E-state index in [1.807, 2.05) is 12.1 Å². The lowest BCUT2D eigenvalue weighted by Crippen LogP contribution is -2.52. The Morgan fingerprint density at radius 1 is 1.00 bits per heavy atom. The van der Waals surface area contributed by atoms with Crippen LogP contribution < -0.4 is 4.90 Å². The van der Waals surface area contributed by atoms with Gasteiger partial charge in [-0.05, 0) is 53.7 Å². The van der Waals surface area contributed by atoms with Crippen molar-refractivity contribution >= 4 is 11.5 Å². The minimum absolute atomic E-state index is 0.698. The number of anilines is 1. The van der Waals surface area contributed by atoms with Crippen molar-refractivity contribution in [2.24, 2.45) is 11.8 Å². The first-order valence-corrected chi connectivity index (χ1v) is 8.41. The average molecular weight is 299 g/mol. The van der Waals surface area contributed by atoms with Crippen molar-refractivity contribution in [3.8, 4) is 0 Å². The van der Waals surface area contributed by atoms with Crippen LogP contribution in [-0.2, 0) is 0 Å². The number of tetrazole rings is 1. The molecule has 7 heteroatoms. The first-order valence-electron chi connectivity index (χ1n) is 8.41. The molecule has 3 atom stereocenters. The SMILES string of the molecule is c1cc2nnnn2nc1N1CCN(C2CC3CCC2C3)CC1. The summed E-state index contributed by atoms with van der Waals surface area (Å²) in [5.74, 6) is 2.98. The monoisotopic (exact) mass is 299 g/mol. The predicted octanol–water partition coefficient (Wildman–Crippen LogP) is 0.830. The summed E-state index contributed by atoms with van der Waals surface area (Å²) in [6, 6.07) is 4.82. The van der Waals surface area contributed by atoms with Crippen molar-refractivity contribution in [1.29, 1.82) is 0 Å². The molecule has 1 aliphatic heterocycles. The molecule has 3 heterocycles. The zero-order chi connectivity index (χ0) is 14.5. The Kier molecular flexibility index (Phi) is 2.82. The molecule has 7 nitrogen and oxygen atoms in total. The number of rotatable bonds is 2. The van der Waals surface area contributed by atoms with Crippen LogP contribution in [0.5, 0.6) is 0 Å². The number of piperazine rings is 1. The molecule has 2 aliphatic carbocycles. The molecule has 2 aromatic heterocycles. The third-order valence-corrected chi connectivity index (χ3v) is 5.86. The van der Waals surface area contributed by atoms with Crippen LogP contribution in [0.2, 0.25) is 0 Å². The van der Waals surface area contributed by atoms with Crippen LogP contribution in [-0.4, -0.2) is 62.4 Å². The van der Waals surface area contributed by atoms with Gasteiger partial charge in [0.25, 0.3) is 0 Å². The van der Waals surface area contributed by atoms with Crippen molar-refractivity contribution in [1.82, 2.24) is 30.2 Å². The van der Waals surface area contributed by atoms with Crippen LogP contribution in [0.4, 0.5) is 5.82 Å². The maximum Gasteiger partial charge on any atom is 0.200 e. The molecule has 3 unspecified atom stereocenters. The van der Waals surface area contributed by atoms with Gasteiger partial charge in [0.15, 0.2) is 11.5 Å². The highest BCUT2D eigenvalue weighted by Crippen LogP contribution is 2.46. The number of hydrogen-bond acceptors (Lipinski definition) is 6. The summed E-state index contributed by atoms with van der Waals surface area (Å²) in [5, 5.41) is 15.9. The Hall–Kier alpha value is -1.76. The van der Waals surface area contributed by atoms with Gasteiger partial charge in [-0.15, -0.1) is 14.8 Å². The second-order valence-corrected chi connectivity index (χ2v) is 6.98. The maximum atomic E-state index is 4.51.